The van der Waals surface area contributed by atoms with E-state index in [-0.39, 0.29) is 10.6 Å². The summed E-state index contributed by atoms with van der Waals surface area (Å²) in [4.78, 5) is -0.0507. The lowest BCUT2D eigenvalue weighted by molar-refractivity contribution is 0.598. The number of sulfonamides is 1. The third-order valence-electron chi connectivity index (χ3n) is 3.00. The van der Waals surface area contributed by atoms with E-state index in [1.54, 1.807) is 29.1 Å². The molecular formula is C14H12N4O2S. The minimum absolute atomic E-state index is 0.0507. The van der Waals surface area contributed by atoms with Crippen molar-refractivity contribution in [3.63, 3.8) is 0 Å². The highest BCUT2D eigenvalue weighted by Crippen LogP contribution is 2.23. The van der Waals surface area contributed by atoms with Crippen molar-refractivity contribution < 1.29 is 8.42 Å². The highest BCUT2D eigenvalue weighted by molar-refractivity contribution is 7.89. The molecule has 0 radical (unpaired) electrons. The van der Waals surface area contributed by atoms with Crippen LogP contribution in [0.2, 0.25) is 0 Å². The molecule has 3 rings (SSSR count). The molecule has 0 saturated carbocycles. The fraction of sp³-hybridized carbons (Fsp3) is 0. The zero-order valence-corrected chi connectivity index (χ0v) is 11.7. The first kappa shape index (κ1) is 13.5. The van der Waals surface area contributed by atoms with E-state index in [4.69, 9.17) is 5.14 Å². The second-order valence-corrected chi connectivity index (χ2v) is 5.95. The zero-order valence-electron chi connectivity index (χ0n) is 10.9. The Morgan fingerprint density at radius 2 is 1.67 bits per heavy atom. The van der Waals surface area contributed by atoms with Crippen molar-refractivity contribution in [2.24, 2.45) is 15.5 Å². The minimum Gasteiger partial charge on any atom is -0.225 e. The van der Waals surface area contributed by atoms with Crippen LogP contribution < -0.4 is 5.14 Å². The van der Waals surface area contributed by atoms with Gasteiger partial charge in [0, 0.05) is 11.6 Å². The predicted molar refractivity (Wildman–Crippen MR) is 79.7 cm³/mol. The molecule has 21 heavy (non-hydrogen) atoms. The van der Waals surface area contributed by atoms with Crippen LogP contribution in [0.1, 0.15) is 0 Å². The Morgan fingerprint density at radius 1 is 0.952 bits per heavy atom. The van der Waals surface area contributed by atoms with E-state index in [0.717, 1.165) is 10.9 Å². The van der Waals surface area contributed by atoms with Crippen molar-refractivity contribution in [2.75, 3.05) is 0 Å². The lowest BCUT2D eigenvalue weighted by Crippen LogP contribution is -2.12. The smallest absolute Gasteiger partial charge is 0.225 e. The topological polar surface area (TPSA) is 89.8 Å². The van der Waals surface area contributed by atoms with Gasteiger partial charge in [0.25, 0.3) is 0 Å². The number of benzene rings is 2. The summed E-state index contributed by atoms with van der Waals surface area (Å²) in [7, 11) is -3.83. The SMILES string of the molecule is NS(=O)(=O)c1ccccc1N=Nn1ccc2ccccc21. The maximum absolute atomic E-state index is 11.5. The van der Waals surface area contributed by atoms with Crippen molar-refractivity contribution >= 4 is 26.6 Å². The average Bonchev–Trinajstić information content (AvgIpc) is 2.88. The number of nitrogens with zero attached hydrogens (tertiary/aromatic N) is 3. The van der Waals surface area contributed by atoms with Gasteiger partial charge in [-0.25, -0.2) is 18.2 Å². The van der Waals surface area contributed by atoms with Crippen LogP contribution in [0.25, 0.3) is 10.9 Å². The van der Waals surface area contributed by atoms with E-state index < -0.39 is 10.0 Å². The highest BCUT2D eigenvalue weighted by atomic mass is 32.2. The first-order chi connectivity index (χ1) is 10.1. The number of rotatable bonds is 3. The van der Waals surface area contributed by atoms with Gasteiger partial charge in [-0.15, -0.1) is 5.11 Å². The van der Waals surface area contributed by atoms with Gasteiger partial charge in [0.1, 0.15) is 10.6 Å². The van der Waals surface area contributed by atoms with E-state index in [1.807, 2.05) is 30.3 Å². The first-order valence-corrected chi connectivity index (χ1v) is 7.70. The number of para-hydroxylation sites is 1. The molecule has 6 nitrogen and oxygen atoms in total. The number of hydrogen-bond acceptors (Lipinski definition) is 4. The van der Waals surface area contributed by atoms with Crippen molar-refractivity contribution in [3.8, 4) is 0 Å². The molecule has 1 aromatic heterocycles. The normalized spacial score (nSPS) is 12.2. The van der Waals surface area contributed by atoms with Gasteiger partial charge >= 0.3 is 0 Å². The van der Waals surface area contributed by atoms with Crippen LogP contribution in [0.15, 0.2) is 76.0 Å². The summed E-state index contributed by atoms with van der Waals surface area (Å²) in [6, 6.07) is 15.8. The van der Waals surface area contributed by atoms with Gasteiger partial charge in [-0.05, 0) is 24.3 Å². The molecule has 1 heterocycles. The number of hydrogen-bond donors (Lipinski definition) is 1. The summed E-state index contributed by atoms with van der Waals surface area (Å²) >= 11 is 0. The number of nitrogens with two attached hydrogens (primary N) is 1. The van der Waals surface area contributed by atoms with Gasteiger partial charge in [-0.3, -0.25) is 0 Å². The summed E-state index contributed by atoms with van der Waals surface area (Å²) in [5.41, 5.74) is 1.09. The Labute approximate surface area is 121 Å². The Hall–Kier alpha value is -2.51. The summed E-state index contributed by atoms with van der Waals surface area (Å²) in [6.45, 7) is 0. The van der Waals surface area contributed by atoms with Crippen molar-refractivity contribution in [1.82, 2.24) is 4.68 Å². The van der Waals surface area contributed by atoms with Gasteiger partial charge in [0.15, 0.2) is 0 Å². The third kappa shape index (κ3) is 2.69. The number of primary sulfonamides is 1. The third-order valence-corrected chi connectivity index (χ3v) is 3.96. The molecule has 0 fully saturated rings. The predicted octanol–water partition coefficient (Wildman–Crippen LogP) is 2.84. The van der Waals surface area contributed by atoms with Crippen molar-refractivity contribution in [1.29, 1.82) is 0 Å². The van der Waals surface area contributed by atoms with Gasteiger partial charge < -0.3 is 0 Å². The quantitative estimate of drug-likeness (QED) is 0.753. The molecule has 0 amide bonds. The fourth-order valence-electron chi connectivity index (χ4n) is 2.02. The van der Waals surface area contributed by atoms with Gasteiger partial charge in [-0.1, -0.05) is 35.6 Å². The molecule has 2 N–H and O–H groups in total. The molecule has 0 bridgehead atoms. The summed E-state index contributed by atoms with van der Waals surface area (Å²) < 4.78 is 24.6. The van der Waals surface area contributed by atoms with E-state index in [9.17, 15) is 8.42 Å². The average molecular weight is 300 g/mol. The Balaban J connectivity index is 2.05. The summed E-state index contributed by atoms with van der Waals surface area (Å²) in [5, 5.41) is 14.2. The van der Waals surface area contributed by atoms with Crippen molar-refractivity contribution in [3.05, 3.63) is 60.8 Å². The zero-order chi connectivity index (χ0) is 14.9. The Kier molecular flexibility index (Phi) is 3.28. The van der Waals surface area contributed by atoms with Gasteiger partial charge in [-0.2, -0.15) is 0 Å². The Morgan fingerprint density at radius 3 is 2.48 bits per heavy atom. The second kappa shape index (κ2) is 5.12. The second-order valence-electron chi connectivity index (χ2n) is 4.42. The van der Waals surface area contributed by atoms with E-state index in [1.165, 1.54) is 6.07 Å². The van der Waals surface area contributed by atoms with E-state index >= 15 is 0 Å². The molecule has 0 aliphatic heterocycles. The van der Waals surface area contributed by atoms with Gasteiger partial charge in [0.05, 0.1) is 5.52 Å². The number of aromatic nitrogens is 1. The molecule has 0 spiro atoms. The van der Waals surface area contributed by atoms with Crippen LogP contribution in [0.3, 0.4) is 0 Å². The lowest BCUT2D eigenvalue weighted by Gasteiger charge is -2.01. The molecule has 0 atom stereocenters. The fourth-order valence-corrected chi connectivity index (χ4v) is 2.69. The van der Waals surface area contributed by atoms with Crippen LogP contribution in [-0.4, -0.2) is 13.1 Å². The maximum Gasteiger partial charge on any atom is 0.240 e. The summed E-state index contributed by atoms with van der Waals surface area (Å²) in [5.74, 6) is 0. The Bertz CT molecular complexity index is 929. The highest BCUT2D eigenvalue weighted by Gasteiger charge is 2.12. The molecule has 106 valence electrons. The molecule has 7 heteroatoms. The van der Waals surface area contributed by atoms with Crippen LogP contribution >= 0.6 is 0 Å². The molecule has 3 aromatic rings. The standard InChI is InChI=1S/C14H12N4O2S/c15-21(19,20)14-8-4-2-6-12(14)16-17-18-10-9-11-5-1-3-7-13(11)18/h1-10H,(H2,15,19,20). The monoisotopic (exact) mass is 300 g/mol. The van der Waals surface area contributed by atoms with Crippen LogP contribution in [0, 0.1) is 0 Å². The van der Waals surface area contributed by atoms with E-state index in [2.05, 4.69) is 10.3 Å². The molecule has 0 aliphatic carbocycles. The first-order valence-electron chi connectivity index (χ1n) is 6.16. The van der Waals surface area contributed by atoms with Crippen LogP contribution in [0.4, 0.5) is 5.69 Å². The van der Waals surface area contributed by atoms with Crippen LogP contribution in [0.5, 0.6) is 0 Å². The largest absolute Gasteiger partial charge is 0.240 e. The molecule has 0 saturated heterocycles. The van der Waals surface area contributed by atoms with E-state index in [0.29, 0.717) is 0 Å². The number of fused-ring (bicyclic) bond motifs is 1. The van der Waals surface area contributed by atoms with Crippen LogP contribution in [-0.2, 0) is 10.0 Å². The molecular weight excluding hydrogens is 288 g/mol. The molecule has 0 unspecified atom stereocenters. The summed E-state index contributed by atoms with van der Waals surface area (Å²) in [6.07, 6.45) is 1.76. The van der Waals surface area contributed by atoms with Crippen molar-refractivity contribution in [2.45, 2.75) is 4.90 Å². The van der Waals surface area contributed by atoms with Gasteiger partial charge in [0.2, 0.25) is 10.0 Å². The molecule has 2 aromatic carbocycles. The lowest BCUT2D eigenvalue weighted by atomic mass is 10.3. The molecule has 0 aliphatic rings. The maximum atomic E-state index is 11.5. The minimum atomic E-state index is -3.83.